The number of hydrogen-bond donors (Lipinski definition) is 1. The predicted molar refractivity (Wildman–Crippen MR) is 109 cm³/mol. The molecule has 2 aliphatic rings. The number of urea groups is 1. The molecule has 146 valence electrons. The molecular weight excluding hydrogens is 371 g/mol. The Morgan fingerprint density at radius 2 is 2.14 bits per heavy atom. The molecule has 3 aromatic heterocycles. The molecular formula is C21H19FN6O. The van der Waals surface area contributed by atoms with Crippen LogP contribution in [-0.4, -0.2) is 40.1 Å². The molecule has 3 aromatic rings. The minimum absolute atomic E-state index is 0.0194. The molecule has 5 rings (SSSR count). The number of rotatable bonds is 2. The first kappa shape index (κ1) is 17.5. The summed E-state index contributed by atoms with van der Waals surface area (Å²) in [6.07, 6.45) is 5.14. The number of amides is 2. The number of hydrogen-bond acceptors (Lipinski definition) is 5. The first-order chi connectivity index (χ1) is 14.1. The van der Waals surface area contributed by atoms with Crippen molar-refractivity contribution in [3.8, 4) is 11.3 Å². The molecule has 0 unspecified atom stereocenters. The minimum atomic E-state index is -0.498. The molecule has 0 aliphatic carbocycles. The van der Waals surface area contributed by atoms with Gasteiger partial charge in [-0.05, 0) is 37.6 Å². The average Bonchev–Trinajstić information content (AvgIpc) is 3.12. The highest BCUT2D eigenvalue weighted by atomic mass is 19.1. The van der Waals surface area contributed by atoms with E-state index in [1.54, 1.807) is 11.1 Å². The van der Waals surface area contributed by atoms with Gasteiger partial charge in [-0.2, -0.15) is 0 Å². The van der Waals surface area contributed by atoms with Crippen LogP contribution in [0.4, 0.5) is 26.4 Å². The van der Waals surface area contributed by atoms with E-state index in [0.717, 1.165) is 48.3 Å². The minimum Gasteiger partial charge on any atom is -0.366 e. The van der Waals surface area contributed by atoms with Crippen LogP contribution in [0.15, 0.2) is 48.9 Å². The zero-order valence-corrected chi connectivity index (χ0v) is 15.8. The number of carbonyl (C=O) groups is 1. The standard InChI is InChI=1S/C21H19FN6O/c1-13-8-14(4-6-24-13)18-2-3-19-20(26-18)28(17-5-7-27(19)12-17)21(29)25-16-9-15(22)10-23-11-16/h2-4,6,8-11,17H,5,7,12H2,1H3,(H,25,29)/t17-/m0/s1. The highest BCUT2D eigenvalue weighted by Gasteiger charge is 2.40. The van der Waals surface area contributed by atoms with Crippen molar-refractivity contribution in [1.82, 2.24) is 15.0 Å². The van der Waals surface area contributed by atoms with Crippen LogP contribution in [0.5, 0.6) is 0 Å². The molecule has 0 saturated carbocycles. The highest BCUT2D eigenvalue weighted by Crippen LogP contribution is 2.40. The van der Waals surface area contributed by atoms with Crippen molar-refractivity contribution >= 4 is 23.2 Å². The van der Waals surface area contributed by atoms with Gasteiger partial charge in [0.25, 0.3) is 0 Å². The van der Waals surface area contributed by atoms with Gasteiger partial charge in [-0.15, -0.1) is 0 Å². The number of aryl methyl sites for hydroxylation is 1. The van der Waals surface area contributed by atoms with E-state index in [4.69, 9.17) is 4.98 Å². The molecule has 0 radical (unpaired) electrons. The lowest BCUT2D eigenvalue weighted by Crippen LogP contribution is -2.48. The van der Waals surface area contributed by atoms with Crippen LogP contribution in [0.2, 0.25) is 0 Å². The summed E-state index contributed by atoms with van der Waals surface area (Å²) >= 11 is 0. The Morgan fingerprint density at radius 1 is 1.24 bits per heavy atom. The van der Waals surface area contributed by atoms with Gasteiger partial charge in [-0.1, -0.05) is 0 Å². The van der Waals surface area contributed by atoms with E-state index >= 15 is 0 Å². The molecule has 1 N–H and O–H groups in total. The second-order valence-electron chi connectivity index (χ2n) is 7.31. The Hall–Kier alpha value is -3.55. The second-order valence-corrected chi connectivity index (χ2v) is 7.31. The summed E-state index contributed by atoms with van der Waals surface area (Å²) in [5.41, 5.74) is 3.88. The normalized spacial score (nSPS) is 17.2. The molecule has 1 atom stereocenters. The van der Waals surface area contributed by atoms with E-state index in [-0.39, 0.29) is 12.1 Å². The molecule has 0 spiro atoms. The number of nitrogens with one attached hydrogen (secondary N) is 1. The van der Waals surface area contributed by atoms with Crippen LogP contribution in [0.3, 0.4) is 0 Å². The van der Waals surface area contributed by atoms with Gasteiger partial charge in [-0.3, -0.25) is 14.9 Å². The van der Waals surface area contributed by atoms with Gasteiger partial charge in [-0.25, -0.2) is 14.2 Å². The summed E-state index contributed by atoms with van der Waals surface area (Å²) in [7, 11) is 0. The van der Waals surface area contributed by atoms with Crippen LogP contribution >= 0.6 is 0 Å². The van der Waals surface area contributed by atoms with Crippen molar-refractivity contribution < 1.29 is 9.18 Å². The molecule has 5 heterocycles. The lowest BCUT2D eigenvalue weighted by molar-refractivity contribution is 0.255. The highest BCUT2D eigenvalue weighted by molar-refractivity contribution is 6.04. The molecule has 1 fully saturated rings. The number of carbonyl (C=O) groups excluding carboxylic acids is 1. The van der Waals surface area contributed by atoms with Gasteiger partial charge in [0.05, 0.1) is 35.5 Å². The Kier molecular flexibility index (Phi) is 4.12. The average molecular weight is 390 g/mol. The summed E-state index contributed by atoms with van der Waals surface area (Å²) < 4.78 is 13.5. The molecule has 29 heavy (non-hydrogen) atoms. The Labute approximate surface area is 167 Å². The molecule has 0 aromatic carbocycles. The quantitative estimate of drug-likeness (QED) is 0.724. The van der Waals surface area contributed by atoms with Crippen molar-refractivity contribution in [3.63, 3.8) is 0 Å². The van der Waals surface area contributed by atoms with Crippen LogP contribution in [0.25, 0.3) is 11.3 Å². The second kappa shape index (κ2) is 6.80. The largest absolute Gasteiger partial charge is 0.366 e. The first-order valence-corrected chi connectivity index (χ1v) is 9.48. The Morgan fingerprint density at radius 3 is 2.97 bits per heavy atom. The van der Waals surface area contributed by atoms with E-state index in [1.807, 2.05) is 31.2 Å². The van der Waals surface area contributed by atoms with Gasteiger partial charge >= 0.3 is 6.03 Å². The molecule has 8 heteroatoms. The van der Waals surface area contributed by atoms with Gasteiger partial charge in [0.2, 0.25) is 0 Å². The zero-order chi connectivity index (χ0) is 20.0. The van der Waals surface area contributed by atoms with Crippen molar-refractivity contribution in [2.75, 3.05) is 28.2 Å². The Bertz CT molecular complexity index is 1100. The van der Waals surface area contributed by atoms with Crippen molar-refractivity contribution in [2.24, 2.45) is 0 Å². The maximum atomic E-state index is 13.5. The van der Waals surface area contributed by atoms with E-state index in [1.165, 1.54) is 12.3 Å². The zero-order valence-electron chi connectivity index (χ0n) is 15.8. The van der Waals surface area contributed by atoms with Crippen LogP contribution < -0.4 is 15.1 Å². The topological polar surface area (TPSA) is 74.2 Å². The Balaban J connectivity index is 1.53. The van der Waals surface area contributed by atoms with E-state index < -0.39 is 5.82 Å². The fourth-order valence-electron chi connectivity index (χ4n) is 4.00. The van der Waals surface area contributed by atoms with Crippen LogP contribution in [0.1, 0.15) is 12.1 Å². The lowest BCUT2D eigenvalue weighted by atomic mass is 10.1. The summed E-state index contributed by atoms with van der Waals surface area (Å²) in [5.74, 6) is 0.120. The molecule has 1 saturated heterocycles. The van der Waals surface area contributed by atoms with E-state index in [2.05, 4.69) is 20.2 Å². The fourth-order valence-corrected chi connectivity index (χ4v) is 4.00. The number of pyridine rings is 3. The predicted octanol–water partition coefficient (Wildman–Crippen LogP) is 3.62. The van der Waals surface area contributed by atoms with Gasteiger partial charge in [0.15, 0.2) is 5.82 Å². The SMILES string of the molecule is Cc1cc(-c2ccc3c(n2)N(C(=O)Nc2cncc(F)c2)[C@H]2CCN3C2)ccn1. The molecule has 2 amide bonds. The van der Waals surface area contributed by atoms with E-state index in [9.17, 15) is 9.18 Å². The van der Waals surface area contributed by atoms with Gasteiger partial charge < -0.3 is 10.2 Å². The third-order valence-corrected chi connectivity index (χ3v) is 5.32. The third-order valence-electron chi connectivity index (χ3n) is 5.32. The molecule has 2 bridgehead atoms. The maximum absolute atomic E-state index is 13.5. The van der Waals surface area contributed by atoms with E-state index in [0.29, 0.717) is 11.5 Å². The smallest absolute Gasteiger partial charge is 0.327 e. The van der Waals surface area contributed by atoms with Crippen LogP contribution in [0, 0.1) is 12.7 Å². The number of anilines is 3. The summed E-state index contributed by atoms with van der Waals surface area (Å²) in [6, 6.07) is 8.79. The summed E-state index contributed by atoms with van der Waals surface area (Å²) in [6.45, 7) is 3.57. The monoisotopic (exact) mass is 390 g/mol. The lowest BCUT2D eigenvalue weighted by Gasteiger charge is -2.35. The van der Waals surface area contributed by atoms with Gasteiger partial charge in [0.1, 0.15) is 5.82 Å². The van der Waals surface area contributed by atoms with Gasteiger partial charge in [0, 0.05) is 36.6 Å². The summed E-state index contributed by atoms with van der Waals surface area (Å²) in [5, 5.41) is 2.76. The third kappa shape index (κ3) is 3.16. The number of fused-ring (bicyclic) bond motifs is 4. The van der Waals surface area contributed by atoms with Crippen molar-refractivity contribution in [1.29, 1.82) is 0 Å². The van der Waals surface area contributed by atoms with Crippen LogP contribution in [-0.2, 0) is 0 Å². The molecule has 2 aliphatic heterocycles. The first-order valence-electron chi connectivity index (χ1n) is 9.48. The number of aromatic nitrogens is 3. The molecule has 7 nitrogen and oxygen atoms in total. The fraction of sp³-hybridized carbons (Fsp3) is 0.238. The maximum Gasteiger partial charge on any atom is 0.327 e. The number of nitrogens with zero attached hydrogens (tertiary/aromatic N) is 5. The van der Waals surface area contributed by atoms with Crippen molar-refractivity contribution in [3.05, 3.63) is 60.4 Å². The van der Waals surface area contributed by atoms with Crippen molar-refractivity contribution in [2.45, 2.75) is 19.4 Å². The number of halogens is 1. The summed E-state index contributed by atoms with van der Waals surface area (Å²) in [4.78, 5) is 29.9.